The Kier molecular flexibility index (Phi) is 10.8. The van der Waals surface area contributed by atoms with E-state index in [2.05, 4.69) is 10.6 Å². The lowest BCUT2D eigenvalue weighted by molar-refractivity contribution is -0.145. The summed E-state index contributed by atoms with van der Waals surface area (Å²) in [5.41, 5.74) is -0.489. The number of hydrogen-bond acceptors (Lipinski definition) is 7. The van der Waals surface area contributed by atoms with Crippen LogP contribution in [0.25, 0.3) is 0 Å². The second-order valence-corrected chi connectivity index (χ2v) is 10.3. The zero-order valence-electron chi connectivity index (χ0n) is 22.7. The van der Waals surface area contributed by atoms with Crippen LogP contribution in [-0.4, -0.2) is 64.7 Å². The molecule has 0 saturated heterocycles. The quantitative estimate of drug-likeness (QED) is 0.360. The van der Waals surface area contributed by atoms with Crippen LogP contribution in [0.4, 0.5) is 4.79 Å². The van der Waals surface area contributed by atoms with Crippen LogP contribution < -0.4 is 10.6 Å². The Morgan fingerprint density at radius 1 is 1.14 bits per heavy atom. The summed E-state index contributed by atoms with van der Waals surface area (Å²) >= 11 is 0. The van der Waals surface area contributed by atoms with Crippen molar-refractivity contribution < 1.29 is 33.8 Å². The molecule has 1 saturated carbocycles. The molecule has 10 nitrogen and oxygen atoms in total. The molecule has 3 unspecified atom stereocenters. The SMILES string of the molecule is CCOC(=O)CCNC(=O)C(c1ccccc1O)N(C(=O)C(NC(=O)OC(C)(C)C)C(C)CC)C1CC1. The minimum absolute atomic E-state index is 0.0133. The van der Waals surface area contributed by atoms with Gasteiger partial charge in [0.25, 0.3) is 0 Å². The summed E-state index contributed by atoms with van der Waals surface area (Å²) in [7, 11) is 0. The number of phenols is 1. The third-order valence-corrected chi connectivity index (χ3v) is 6.04. The Hall–Kier alpha value is -3.30. The summed E-state index contributed by atoms with van der Waals surface area (Å²) in [6.45, 7) is 10.9. The van der Waals surface area contributed by atoms with E-state index in [1.54, 1.807) is 45.9 Å². The maximum absolute atomic E-state index is 14.0. The van der Waals surface area contributed by atoms with E-state index in [0.29, 0.717) is 19.3 Å². The molecule has 0 bridgehead atoms. The molecule has 2 rings (SSSR count). The summed E-state index contributed by atoms with van der Waals surface area (Å²) in [5.74, 6) is -1.80. The topological polar surface area (TPSA) is 134 Å². The van der Waals surface area contributed by atoms with Gasteiger partial charge in [-0.2, -0.15) is 0 Å². The second kappa shape index (κ2) is 13.3. The van der Waals surface area contributed by atoms with Crippen molar-refractivity contribution in [1.82, 2.24) is 15.5 Å². The van der Waals surface area contributed by atoms with Gasteiger partial charge in [-0.3, -0.25) is 14.4 Å². The molecule has 0 aliphatic heterocycles. The molecule has 1 fully saturated rings. The Labute approximate surface area is 219 Å². The molecule has 0 aromatic heterocycles. The lowest BCUT2D eigenvalue weighted by atomic mass is 9.95. The van der Waals surface area contributed by atoms with Crippen LogP contribution in [-0.2, 0) is 23.9 Å². The van der Waals surface area contributed by atoms with Crippen molar-refractivity contribution in [1.29, 1.82) is 0 Å². The van der Waals surface area contributed by atoms with Gasteiger partial charge in [0.1, 0.15) is 23.4 Å². The number of para-hydroxylation sites is 1. The van der Waals surface area contributed by atoms with Gasteiger partial charge in [-0.25, -0.2) is 4.79 Å². The summed E-state index contributed by atoms with van der Waals surface area (Å²) in [6.07, 6.45) is 1.22. The first kappa shape index (κ1) is 29.9. The van der Waals surface area contributed by atoms with Crippen molar-refractivity contribution in [2.75, 3.05) is 13.2 Å². The minimum atomic E-state index is -1.16. The molecule has 3 amide bonds. The fourth-order valence-corrected chi connectivity index (χ4v) is 3.90. The first-order chi connectivity index (χ1) is 17.4. The number of benzene rings is 1. The summed E-state index contributed by atoms with van der Waals surface area (Å²) < 4.78 is 10.3. The van der Waals surface area contributed by atoms with Gasteiger partial charge in [-0.05, 0) is 52.5 Å². The molecule has 10 heteroatoms. The monoisotopic (exact) mass is 519 g/mol. The van der Waals surface area contributed by atoms with Gasteiger partial charge < -0.3 is 30.1 Å². The number of alkyl carbamates (subject to hydrolysis) is 1. The van der Waals surface area contributed by atoms with Crippen molar-refractivity contribution in [3.8, 4) is 5.75 Å². The molecule has 1 aliphatic carbocycles. The maximum Gasteiger partial charge on any atom is 0.408 e. The average molecular weight is 520 g/mol. The summed E-state index contributed by atoms with van der Waals surface area (Å²) in [6, 6.07) is 4.01. The van der Waals surface area contributed by atoms with Crippen LogP contribution in [0.3, 0.4) is 0 Å². The van der Waals surface area contributed by atoms with Crippen molar-refractivity contribution in [2.45, 2.75) is 91.0 Å². The van der Waals surface area contributed by atoms with Gasteiger partial charge in [0.2, 0.25) is 11.8 Å². The van der Waals surface area contributed by atoms with Gasteiger partial charge in [0.05, 0.1) is 13.0 Å². The lowest BCUT2D eigenvalue weighted by Gasteiger charge is -2.36. The van der Waals surface area contributed by atoms with Crippen molar-refractivity contribution in [2.24, 2.45) is 5.92 Å². The van der Waals surface area contributed by atoms with E-state index in [1.807, 2.05) is 13.8 Å². The van der Waals surface area contributed by atoms with Crippen LogP contribution in [0.1, 0.15) is 78.8 Å². The van der Waals surface area contributed by atoms with E-state index in [4.69, 9.17) is 9.47 Å². The Balaban J connectivity index is 2.40. The van der Waals surface area contributed by atoms with E-state index in [-0.39, 0.29) is 42.8 Å². The number of aromatic hydroxyl groups is 1. The summed E-state index contributed by atoms with van der Waals surface area (Å²) in [5, 5.41) is 16.1. The average Bonchev–Trinajstić information content (AvgIpc) is 3.64. The molecule has 37 heavy (non-hydrogen) atoms. The second-order valence-electron chi connectivity index (χ2n) is 10.3. The largest absolute Gasteiger partial charge is 0.508 e. The number of carbonyl (C=O) groups is 4. The Bertz CT molecular complexity index is 956. The molecule has 3 N–H and O–H groups in total. The normalized spacial score (nSPS) is 15.6. The van der Waals surface area contributed by atoms with E-state index in [0.717, 1.165) is 0 Å². The van der Waals surface area contributed by atoms with Crippen LogP contribution in [0.15, 0.2) is 24.3 Å². The van der Waals surface area contributed by atoms with E-state index < -0.39 is 41.6 Å². The maximum atomic E-state index is 14.0. The molecule has 0 heterocycles. The molecular formula is C27H41N3O7. The Morgan fingerprint density at radius 2 is 1.78 bits per heavy atom. The van der Waals surface area contributed by atoms with Gasteiger partial charge in [0, 0.05) is 18.2 Å². The highest BCUT2D eigenvalue weighted by molar-refractivity contribution is 5.93. The summed E-state index contributed by atoms with van der Waals surface area (Å²) in [4.78, 5) is 53.4. The Morgan fingerprint density at radius 3 is 2.32 bits per heavy atom. The third kappa shape index (κ3) is 8.94. The van der Waals surface area contributed by atoms with E-state index >= 15 is 0 Å². The fraction of sp³-hybridized carbons (Fsp3) is 0.630. The van der Waals surface area contributed by atoms with Crippen molar-refractivity contribution in [3.05, 3.63) is 29.8 Å². The van der Waals surface area contributed by atoms with Gasteiger partial charge in [0.15, 0.2) is 0 Å². The van der Waals surface area contributed by atoms with Gasteiger partial charge in [-0.15, -0.1) is 0 Å². The van der Waals surface area contributed by atoms with Crippen LogP contribution in [0.2, 0.25) is 0 Å². The fourth-order valence-electron chi connectivity index (χ4n) is 3.90. The molecule has 1 aromatic rings. The van der Waals surface area contributed by atoms with Crippen LogP contribution >= 0.6 is 0 Å². The highest BCUT2D eigenvalue weighted by Crippen LogP contribution is 2.38. The molecule has 0 radical (unpaired) electrons. The smallest absolute Gasteiger partial charge is 0.408 e. The lowest BCUT2D eigenvalue weighted by Crippen LogP contribution is -2.56. The number of amides is 3. The number of hydrogen-bond donors (Lipinski definition) is 3. The number of nitrogens with zero attached hydrogens (tertiary/aromatic N) is 1. The highest BCUT2D eigenvalue weighted by Gasteiger charge is 2.45. The molecular weight excluding hydrogens is 478 g/mol. The predicted molar refractivity (Wildman–Crippen MR) is 138 cm³/mol. The molecule has 3 atom stereocenters. The molecule has 1 aliphatic rings. The van der Waals surface area contributed by atoms with E-state index in [9.17, 15) is 24.3 Å². The van der Waals surface area contributed by atoms with Crippen LogP contribution in [0.5, 0.6) is 5.75 Å². The van der Waals surface area contributed by atoms with Gasteiger partial charge >= 0.3 is 12.1 Å². The minimum Gasteiger partial charge on any atom is -0.508 e. The predicted octanol–water partition coefficient (Wildman–Crippen LogP) is 3.43. The standard InChI is InChI=1S/C27H41N3O7/c1-7-17(3)22(29-26(35)37-27(4,5)6)25(34)30(18-13-14-18)23(19-11-9-10-12-20(19)31)24(33)28-16-15-21(32)36-8-2/h9-12,17-18,22-23,31H,7-8,13-16H2,1-6H3,(H,28,33)(H,29,35). The number of phenolic OH excluding ortho intramolecular Hbond substituents is 1. The zero-order valence-corrected chi connectivity index (χ0v) is 22.7. The van der Waals surface area contributed by atoms with E-state index in [1.165, 1.54) is 11.0 Å². The third-order valence-electron chi connectivity index (χ3n) is 6.04. The zero-order chi connectivity index (χ0) is 27.8. The number of nitrogens with one attached hydrogen (secondary N) is 2. The molecule has 206 valence electrons. The van der Waals surface area contributed by atoms with Gasteiger partial charge in [-0.1, -0.05) is 38.5 Å². The van der Waals surface area contributed by atoms with Crippen LogP contribution in [0, 0.1) is 5.92 Å². The van der Waals surface area contributed by atoms with Crippen molar-refractivity contribution >= 4 is 23.9 Å². The van der Waals surface area contributed by atoms with Crippen molar-refractivity contribution in [3.63, 3.8) is 0 Å². The first-order valence-corrected chi connectivity index (χ1v) is 12.9. The number of ether oxygens (including phenoxy) is 2. The highest BCUT2D eigenvalue weighted by atomic mass is 16.6. The first-order valence-electron chi connectivity index (χ1n) is 12.9. The molecule has 1 aromatic carbocycles. The number of carbonyl (C=O) groups excluding carboxylic acids is 4. The number of rotatable bonds is 12. The number of esters is 1. The molecule has 0 spiro atoms.